The molecule has 5 heteroatoms. The molecule has 0 amide bonds. The number of hydrogen-bond acceptors (Lipinski definition) is 3. The third-order valence-corrected chi connectivity index (χ3v) is 4.46. The number of unbranched alkanes of at least 4 members (excludes halogenated alkanes) is 1. The lowest BCUT2D eigenvalue weighted by Gasteiger charge is -2.08. The molecule has 3 rings (SSSR count). The lowest BCUT2D eigenvalue weighted by atomic mass is 9.95. The van der Waals surface area contributed by atoms with Gasteiger partial charge >= 0.3 is 5.97 Å². The first-order valence-corrected chi connectivity index (χ1v) is 9.04. The predicted octanol–water partition coefficient (Wildman–Crippen LogP) is 4.83. The molecule has 4 nitrogen and oxygen atoms in total. The first kappa shape index (κ1) is 19.4. The van der Waals surface area contributed by atoms with E-state index in [9.17, 15) is 9.18 Å². The minimum Gasteiger partial charge on any atom is -0.464 e. The van der Waals surface area contributed by atoms with Crippen LogP contribution in [0.2, 0.25) is 0 Å². The van der Waals surface area contributed by atoms with Gasteiger partial charge in [-0.1, -0.05) is 25.0 Å². The Kier molecular flexibility index (Phi) is 5.90. The Balaban J connectivity index is 2.40. The summed E-state index contributed by atoms with van der Waals surface area (Å²) in [6, 6.07) is 9.86. The highest BCUT2D eigenvalue weighted by Crippen LogP contribution is 2.39. The number of pyridine rings is 1. The van der Waals surface area contributed by atoms with Crippen LogP contribution in [-0.4, -0.2) is 22.6 Å². The monoisotopic (exact) mass is 376 g/mol. The topological polar surface area (TPSA) is 44.1 Å². The predicted molar refractivity (Wildman–Crippen MR) is 107 cm³/mol. The third-order valence-electron chi connectivity index (χ3n) is 4.46. The number of hydrogen-bond donors (Lipinski definition) is 0. The number of nitrogens with zero attached hydrogens (tertiary/aromatic N) is 2. The highest BCUT2D eigenvalue weighted by atomic mass is 19.1. The van der Waals surface area contributed by atoms with E-state index in [0.717, 1.165) is 29.5 Å². The van der Waals surface area contributed by atoms with E-state index in [-0.39, 0.29) is 5.82 Å². The second kappa shape index (κ2) is 8.53. The van der Waals surface area contributed by atoms with E-state index < -0.39 is 5.97 Å². The summed E-state index contributed by atoms with van der Waals surface area (Å²) in [7, 11) is 3.14. The number of halogens is 1. The van der Waals surface area contributed by atoms with E-state index in [1.54, 1.807) is 36.1 Å². The minimum atomic E-state index is -0.457. The zero-order chi connectivity index (χ0) is 20.1. The van der Waals surface area contributed by atoms with Crippen LogP contribution < -0.4 is 0 Å². The highest BCUT2D eigenvalue weighted by Gasteiger charge is 2.27. The zero-order valence-corrected chi connectivity index (χ0v) is 16.1. The minimum absolute atomic E-state index is 0.322. The number of carbonyl (C=O) groups excluding carboxylic acids is 1. The van der Waals surface area contributed by atoms with Crippen molar-refractivity contribution in [3.8, 4) is 34.1 Å². The summed E-state index contributed by atoms with van der Waals surface area (Å²) in [4.78, 5) is 16.7. The van der Waals surface area contributed by atoms with Gasteiger partial charge in [-0.3, -0.25) is 4.98 Å². The normalized spacial score (nSPS) is 10.3. The molecule has 0 saturated heterocycles. The number of carbonyl (C=O) groups is 1. The van der Waals surface area contributed by atoms with Crippen molar-refractivity contribution in [3.63, 3.8) is 0 Å². The maximum atomic E-state index is 13.5. The lowest BCUT2D eigenvalue weighted by molar-refractivity contribution is 0.0591. The van der Waals surface area contributed by atoms with Crippen LogP contribution in [0.25, 0.3) is 22.3 Å². The van der Waals surface area contributed by atoms with Crippen molar-refractivity contribution < 1.29 is 13.9 Å². The second-order valence-electron chi connectivity index (χ2n) is 6.29. The Morgan fingerprint density at radius 3 is 2.36 bits per heavy atom. The van der Waals surface area contributed by atoms with Gasteiger partial charge in [-0.2, -0.15) is 0 Å². The highest BCUT2D eigenvalue weighted by molar-refractivity contribution is 6.03. The molecule has 28 heavy (non-hydrogen) atoms. The molecule has 0 aliphatic heterocycles. The van der Waals surface area contributed by atoms with E-state index >= 15 is 0 Å². The lowest BCUT2D eigenvalue weighted by Crippen LogP contribution is -2.09. The third kappa shape index (κ3) is 3.67. The summed E-state index contributed by atoms with van der Waals surface area (Å²) in [6.07, 6.45) is 5.01. The summed E-state index contributed by atoms with van der Waals surface area (Å²) in [5, 5.41) is 0. The van der Waals surface area contributed by atoms with Gasteiger partial charge in [-0.05, 0) is 47.7 Å². The van der Waals surface area contributed by atoms with Gasteiger partial charge in [-0.25, -0.2) is 9.18 Å². The molecule has 0 aliphatic carbocycles. The summed E-state index contributed by atoms with van der Waals surface area (Å²) >= 11 is 0. The molecule has 2 heterocycles. The first-order chi connectivity index (χ1) is 13.6. The Bertz CT molecular complexity index is 1040. The van der Waals surface area contributed by atoms with Crippen LogP contribution in [0.15, 0.2) is 48.8 Å². The number of ether oxygens (including phenoxy) is 1. The molecule has 0 atom stereocenters. The molecular weight excluding hydrogens is 355 g/mol. The number of esters is 1. The van der Waals surface area contributed by atoms with E-state index in [0.29, 0.717) is 17.0 Å². The van der Waals surface area contributed by atoms with E-state index in [4.69, 9.17) is 4.74 Å². The van der Waals surface area contributed by atoms with E-state index in [1.165, 1.54) is 19.2 Å². The quantitative estimate of drug-likeness (QED) is 0.484. The van der Waals surface area contributed by atoms with Crippen LogP contribution in [0.3, 0.4) is 0 Å². The molecule has 0 radical (unpaired) electrons. The number of aromatic nitrogens is 2. The summed E-state index contributed by atoms with van der Waals surface area (Å²) < 4.78 is 20.3. The summed E-state index contributed by atoms with van der Waals surface area (Å²) in [6.45, 7) is 2.06. The van der Waals surface area contributed by atoms with Crippen LogP contribution in [0.4, 0.5) is 4.39 Å². The Morgan fingerprint density at radius 2 is 1.75 bits per heavy atom. The molecule has 0 bridgehead atoms. The smallest absolute Gasteiger partial charge is 0.355 e. The average Bonchev–Trinajstić information content (AvgIpc) is 3.01. The number of methoxy groups -OCH3 is 1. The van der Waals surface area contributed by atoms with Crippen LogP contribution in [0.1, 0.15) is 35.9 Å². The Labute approximate surface area is 164 Å². The molecule has 0 N–H and O–H groups in total. The van der Waals surface area contributed by atoms with Gasteiger partial charge in [0.1, 0.15) is 17.2 Å². The molecule has 1 aromatic carbocycles. The van der Waals surface area contributed by atoms with Gasteiger partial charge in [0.15, 0.2) is 0 Å². The number of benzene rings is 1. The maximum absolute atomic E-state index is 13.5. The van der Waals surface area contributed by atoms with Crippen molar-refractivity contribution in [1.82, 2.24) is 9.55 Å². The fourth-order valence-electron chi connectivity index (χ4n) is 3.13. The van der Waals surface area contributed by atoms with Gasteiger partial charge in [0.25, 0.3) is 0 Å². The molecule has 2 aromatic heterocycles. The van der Waals surface area contributed by atoms with Crippen LogP contribution in [0, 0.1) is 17.7 Å². The van der Waals surface area contributed by atoms with Gasteiger partial charge in [0.05, 0.1) is 7.11 Å². The van der Waals surface area contributed by atoms with E-state index in [2.05, 4.69) is 23.7 Å². The molecule has 0 saturated carbocycles. The first-order valence-electron chi connectivity index (χ1n) is 9.04. The van der Waals surface area contributed by atoms with Crippen molar-refractivity contribution >= 4 is 5.97 Å². The zero-order valence-electron chi connectivity index (χ0n) is 16.1. The van der Waals surface area contributed by atoms with Crippen molar-refractivity contribution in [1.29, 1.82) is 0 Å². The maximum Gasteiger partial charge on any atom is 0.355 e. The summed E-state index contributed by atoms with van der Waals surface area (Å²) in [5.41, 5.74) is 4.15. The molecule has 0 unspecified atom stereocenters. The fraction of sp³-hybridized carbons (Fsp3) is 0.217. The fourth-order valence-corrected chi connectivity index (χ4v) is 3.13. The second-order valence-corrected chi connectivity index (χ2v) is 6.29. The van der Waals surface area contributed by atoms with Gasteiger partial charge in [-0.15, -0.1) is 0 Å². The van der Waals surface area contributed by atoms with Crippen LogP contribution in [-0.2, 0) is 11.8 Å². The van der Waals surface area contributed by atoms with Gasteiger partial charge in [0.2, 0.25) is 0 Å². The Hall–Kier alpha value is -3.39. The van der Waals surface area contributed by atoms with Gasteiger partial charge < -0.3 is 9.30 Å². The van der Waals surface area contributed by atoms with Crippen molar-refractivity contribution in [2.24, 2.45) is 7.05 Å². The van der Waals surface area contributed by atoms with Gasteiger partial charge in [0, 0.05) is 37.0 Å². The number of rotatable bonds is 4. The molecule has 142 valence electrons. The van der Waals surface area contributed by atoms with Crippen LogP contribution >= 0.6 is 0 Å². The molecule has 3 aromatic rings. The molecule has 0 spiro atoms. The largest absolute Gasteiger partial charge is 0.464 e. The van der Waals surface area contributed by atoms with Crippen molar-refractivity contribution in [3.05, 3.63) is 66.0 Å². The standard InChI is InChI=1S/C23H21FN2O2/c1-4-5-6-7-19-20(16-8-10-18(24)11-9-16)21(17-12-14-25-15-13-17)22(26(19)2)23(27)28-3/h8-15H,4-5H2,1-3H3. The SMILES string of the molecule is CCCC#Cc1c(-c2ccc(F)cc2)c(-c2ccncc2)c(C(=O)OC)n1C. The van der Waals surface area contributed by atoms with Crippen molar-refractivity contribution in [2.45, 2.75) is 19.8 Å². The summed E-state index contributed by atoms with van der Waals surface area (Å²) in [5.74, 6) is 5.57. The molecular formula is C23H21FN2O2. The van der Waals surface area contributed by atoms with Crippen LogP contribution in [0.5, 0.6) is 0 Å². The van der Waals surface area contributed by atoms with Crippen molar-refractivity contribution in [2.75, 3.05) is 7.11 Å². The molecule has 0 fully saturated rings. The van der Waals surface area contributed by atoms with E-state index in [1.807, 2.05) is 12.1 Å². The Morgan fingerprint density at radius 1 is 1.11 bits per heavy atom. The average molecular weight is 376 g/mol. The molecule has 0 aliphatic rings.